The molecule has 0 radical (unpaired) electrons. The van der Waals surface area contributed by atoms with Gasteiger partial charge in [-0.05, 0) is 30.7 Å². The highest BCUT2D eigenvalue weighted by atomic mass is 16.5. The molecule has 2 aromatic carbocycles. The van der Waals surface area contributed by atoms with Crippen LogP contribution in [0.3, 0.4) is 0 Å². The first-order chi connectivity index (χ1) is 13.6. The molecule has 0 aliphatic heterocycles. The van der Waals surface area contributed by atoms with Crippen molar-refractivity contribution in [3.63, 3.8) is 0 Å². The van der Waals surface area contributed by atoms with Gasteiger partial charge in [-0.3, -0.25) is 9.69 Å². The fraction of sp³-hybridized carbons (Fsp3) is 0.208. The Morgan fingerprint density at radius 2 is 1.79 bits per heavy atom. The molecule has 3 aromatic rings. The Balaban J connectivity index is 1.90. The maximum absolute atomic E-state index is 13.2. The van der Waals surface area contributed by atoms with Crippen LogP contribution in [0, 0.1) is 6.92 Å². The van der Waals surface area contributed by atoms with Gasteiger partial charge in [-0.25, -0.2) is 0 Å². The third-order valence-electron chi connectivity index (χ3n) is 4.69. The molecule has 0 bridgehead atoms. The number of rotatable bonds is 9. The van der Waals surface area contributed by atoms with Crippen molar-refractivity contribution in [2.24, 2.45) is 0 Å². The van der Waals surface area contributed by atoms with Crippen molar-refractivity contribution in [3.8, 4) is 5.75 Å². The van der Waals surface area contributed by atoms with Crippen molar-refractivity contribution in [3.05, 3.63) is 101 Å². The van der Waals surface area contributed by atoms with Crippen LogP contribution in [-0.4, -0.2) is 23.0 Å². The number of fused-ring (bicyclic) bond motifs is 1. The zero-order valence-corrected chi connectivity index (χ0v) is 16.3. The Bertz CT molecular complexity index is 1010. The zero-order valence-electron chi connectivity index (χ0n) is 16.3. The fourth-order valence-corrected chi connectivity index (χ4v) is 3.24. The van der Waals surface area contributed by atoms with E-state index < -0.39 is 0 Å². The maximum atomic E-state index is 13.2. The van der Waals surface area contributed by atoms with Crippen LogP contribution in [0.1, 0.15) is 16.8 Å². The van der Waals surface area contributed by atoms with Gasteiger partial charge in [0, 0.05) is 41.8 Å². The molecule has 1 heterocycles. The lowest BCUT2D eigenvalue weighted by Gasteiger charge is -2.20. The summed E-state index contributed by atoms with van der Waals surface area (Å²) in [6, 6.07) is 15.6. The number of aromatic nitrogens is 1. The van der Waals surface area contributed by atoms with Crippen molar-refractivity contribution < 1.29 is 4.74 Å². The molecule has 28 heavy (non-hydrogen) atoms. The summed E-state index contributed by atoms with van der Waals surface area (Å²) < 4.78 is 5.89. The molecule has 4 nitrogen and oxygen atoms in total. The lowest BCUT2D eigenvalue weighted by molar-refractivity contribution is 0.306. The summed E-state index contributed by atoms with van der Waals surface area (Å²) in [5, 5.41) is 0.642. The molecular weight excluding hydrogens is 348 g/mol. The number of pyridine rings is 1. The Morgan fingerprint density at radius 1 is 1.07 bits per heavy atom. The van der Waals surface area contributed by atoms with E-state index in [2.05, 4.69) is 23.0 Å². The summed E-state index contributed by atoms with van der Waals surface area (Å²) in [7, 11) is 0. The van der Waals surface area contributed by atoms with Crippen LogP contribution in [0.15, 0.2) is 78.6 Å². The zero-order chi connectivity index (χ0) is 19.9. The molecule has 0 amide bonds. The summed E-state index contributed by atoms with van der Waals surface area (Å²) in [5.74, 6) is 0.686. The van der Waals surface area contributed by atoms with E-state index in [1.807, 2.05) is 67.6 Å². The van der Waals surface area contributed by atoms with Crippen molar-refractivity contribution in [2.45, 2.75) is 20.1 Å². The van der Waals surface area contributed by atoms with Crippen molar-refractivity contribution in [1.29, 1.82) is 0 Å². The number of hydrogen-bond donors (Lipinski definition) is 1. The smallest absolute Gasteiger partial charge is 0.194 e. The van der Waals surface area contributed by atoms with Gasteiger partial charge in [0.2, 0.25) is 0 Å². The third kappa shape index (κ3) is 4.59. The number of aryl methyl sites for hydroxylation is 1. The van der Waals surface area contributed by atoms with Crippen LogP contribution in [0.25, 0.3) is 10.9 Å². The van der Waals surface area contributed by atoms with Gasteiger partial charge in [0.1, 0.15) is 12.4 Å². The van der Waals surface area contributed by atoms with Crippen LogP contribution in [0.2, 0.25) is 0 Å². The Labute approximate surface area is 165 Å². The van der Waals surface area contributed by atoms with Gasteiger partial charge in [0.15, 0.2) is 5.43 Å². The molecule has 0 saturated heterocycles. The van der Waals surface area contributed by atoms with E-state index in [4.69, 9.17) is 4.74 Å². The number of hydrogen-bond acceptors (Lipinski definition) is 3. The average molecular weight is 374 g/mol. The van der Waals surface area contributed by atoms with E-state index in [-0.39, 0.29) is 5.43 Å². The fourth-order valence-electron chi connectivity index (χ4n) is 3.24. The van der Waals surface area contributed by atoms with Gasteiger partial charge in [-0.1, -0.05) is 42.5 Å². The van der Waals surface area contributed by atoms with Crippen LogP contribution >= 0.6 is 0 Å². The predicted octanol–water partition coefficient (Wildman–Crippen LogP) is 4.59. The maximum Gasteiger partial charge on any atom is 0.194 e. The van der Waals surface area contributed by atoms with Gasteiger partial charge in [-0.15, -0.1) is 13.2 Å². The molecule has 0 aliphatic rings. The second-order valence-electron chi connectivity index (χ2n) is 6.81. The topological polar surface area (TPSA) is 45.3 Å². The quantitative estimate of drug-likeness (QED) is 0.557. The van der Waals surface area contributed by atoms with E-state index in [0.29, 0.717) is 37.4 Å². The van der Waals surface area contributed by atoms with Crippen LogP contribution in [0.4, 0.5) is 0 Å². The molecule has 144 valence electrons. The molecule has 3 rings (SSSR count). The molecule has 0 saturated carbocycles. The van der Waals surface area contributed by atoms with Gasteiger partial charge in [0.25, 0.3) is 0 Å². The first-order valence-corrected chi connectivity index (χ1v) is 9.38. The second kappa shape index (κ2) is 9.20. The molecule has 1 aromatic heterocycles. The number of H-pyrrole nitrogens is 1. The summed E-state index contributed by atoms with van der Waals surface area (Å²) >= 11 is 0. The summed E-state index contributed by atoms with van der Waals surface area (Å²) in [6.07, 6.45) is 3.67. The van der Waals surface area contributed by atoms with Crippen molar-refractivity contribution in [1.82, 2.24) is 9.88 Å². The summed E-state index contributed by atoms with van der Waals surface area (Å²) in [6.45, 7) is 11.9. The van der Waals surface area contributed by atoms with E-state index in [9.17, 15) is 4.79 Å². The molecule has 0 spiro atoms. The minimum absolute atomic E-state index is 0.0366. The van der Waals surface area contributed by atoms with E-state index in [0.717, 1.165) is 22.3 Å². The average Bonchev–Trinajstić information content (AvgIpc) is 2.71. The molecule has 0 aliphatic carbocycles. The van der Waals surface area contributed by atoms with E-state index >= 15 is 0 Å². The normalized spacial score (nSPS) is 10.9. The molecule has 0 unspecified atom stereocenters. The molecule has 0 atom stereocenters. The largest absolute Gasteiger partial charge is 0.489 e. The Morgan fingerprint density at radius 3 is 2.46 bits per heavy atom. The number of nitrogens with one attached hydrogen (secondary N) is 1. The second-order valence-corrected chi connectivity index (χ2v) is 6.81. The first-order valence-electron chi connectivity index (χ1n) is 9.38. The number of benzene rings is 2. The first kappa shape index (κ1) is 19.6. The highest BCUT2D eigenvalue weighted by molar-refractivity contribution is 5.81. The lowest BCUT2D eigenvalue weighted by Crippen LogP contribution is -2.27. The van der Waals surface area contributed by atoms with Crippen molar-refractivity contribution >= 4 is 10.9 Å². The standard InChI is InChI=1S/C24H26N2O2/c1-4-13-26(14-5-2)16-22-18(3)25-23-12-11-20(15-21(23)24(22)27)28-17-19-9-7-6-8-10-19/h4-12,15H,1-2,13-14,16-17H2,3H3,(H,25,27). The number of nitrogens with zero attached hydrogens (tertiary/aromatic N) is 1. The molecule has 4 heteroatoms. The highest BCUT2D eigenvalue weighted by Crippen LogP contribution is 2.20. The van der Waals surface area contributed by atoms with Gasteiger partial charge in [-0.2, -0.15) is 0 Å². The van der Waals surface area contributed by atoms with Crippen LogP contribution in [-0.2, 0) is 13.2 Å². The molecule has 0 fully saturated rings. The van der Waals surface area contributed by atoms with Crippen LogP contribution in [0.5, 0.6) is 5.75 Å². The van der Waals surface area contributed by atoms with Gasteiger partial charge >= 0.3 is 0 Å². The minimum atomic E-state index is 0.0366. The summed E-state index contributed by atoms with van der Waals surface area (Å²) in [5.41, 5.74) is 3.59. The SMILES string of the molecule is C=CCN(CC=C)Cc1c(C)[nH]c2ccc(OCc3ccccc3)cc2c1=O. The highest BCUT2D eigenvalue weighted by Gasteiger charge is 2.13. The van der Waals surface area contributed by atoms with Crippen molar-refractivity contribution in [2.75, 3.05) is 13.1 Å². The third-order valence-corrected chi connectivity index (χ3v) is 4.69. The van der Waals surface area contributed by atoms with Gasteiger partial charge in [0.05, 0.1) is 0 Å². The number of aromatic amines is 1. The lowest BCUT2D eigenvalue weighted by atomic mass is 10.1. The monoisotopic (exact) mass is 374 g/mol. The van der Waals surface area contributed by atoms with E-state index in [1.54, 1.807) is 0 Å². The predicted molar refractivity (Wildman–Crippen MR) is 116 cm³/mol. The minimum Gasteiger partial charge on any atom is -0.489 e. The van der Waals surface area contributed by atoms with Crippen LogP contribution < -0.4 is 10.2 Å². The summed E-state index contributed by atoms with van der Waals surface area (Å²) in [4.78, 5) is 18.6. The Hall–Kier alpha value is -3.11. The molecular formula is C24H26N2O2. The Kier molecular flexibility index (Phi) is 6.45. The van der Waals surface area contributed by atoms with Gasteiger partial charge < -0.3 is 9.72 Å². The number of ether oxygens (including phenoxy) is 1. The molecule has 1 N–H and O–H groups in total. The van der Waals surface area contributed by atoms with E-state index in [1.165, 1.54) is 0 Å².